The first kappa shape index (κ1) is 17.7. The molecule has 1 rings (SSSR count). The highest BCUT2D eigenvalue weighted by molar-refractivity contribution is 5.76. The van der Waals surface area contributed by atoms with E-state index in [0.717, 1.165) is 24.8 Å². The second-order valence-electron chi connectivity index (χ2n) is 5.37. The van der Waals surface area contributed by atoms with Gasteiger partial charge < -0.3 is 15.5 Å². The smallest absolute Gasteiger partial charge is 0.220 e. The predicted octanol–water partition coefficient (Wildman–Crippen LogP) is 2.56. The number of hydrogen-bond acceptors (Lipinski definition) is 3. The maximum atomic E-state index is 12.0. The maximum absolute atomic E-state index is 12.0. The zero-order chi connectivity index (χ0) is 15.5. The number of aliphatic hydroxyl groups is 2. The third kappa shape index (κ3) is 6.74. The van der Waals surface area contributed by atoms with Gasteiger partial charge in [0.05, 0.1) is 12.6 Å². The van der Waals surface area contributed by atoms with Crippen molar-refractivity contribution in [2.75, 3.05) is 6.61 Å². The van der Waals surface area contributed by atoms with E-state index in [-0.39, 0.29) is 12.5 Å². The lowest BCUT2D eigenvalue weighted by atomic mass is 10.0. The van der Waals surface area contributed by atoms with E-state index < -0.39 is 12.1 Å². The molecule has 0 bridgehead atoms. The third-order valence-electron chi connectivity index (χ3n) is 3.55. The fourth-order valence-corrected chi connectivity index (χ4v) is 2.30. The average molecular weight is 293 g/mol. The van der Waals surface area contributed by atoms with E-state index in [1.54, 1.807) is 0 Å². The van der Waals surface area contributed by atoms with Crippen LogP contribution in [0.2, 0.25) is 0 Å². The highest BCUT2D eigenvalue weighted by atomic mass is 16.3. The quantitative estimate of drug-likeness (QED) is 0.581. The summed E-state index contributed by atoms with van der Waals surface area (Å²) in [7, 11) is 0. The summed E-state index contributed by atoms with van der Waals surface area (Å²) in [4.78, 5) is 12.0. The molecule has 0 unspecified atom stereocenters. The van der Waals surface area contributed by atoms with Gasteiger partial charge in [0.2, 0.25) is 5.91 Å². The highest BCUT2D eigenvalue weighted by Crippen LogP contribution is 2.17. The van der Waals surface area contributed by atoms with Crippen LogP contribution in [0.3, 0.4) is 0 Å². The summed E-state index contributed by atoms with van der Waals surface area (Å²) >= 11 is 0. The Balaban J connectivity index is 2.48. The summed E-state index contributed by atoms with van der Waals surface area (Å²) < 4.78 is 0. The molecule has 0 aliphatic carbocycles. The van der Waals surface area contributed by atoms with E-state index in [9.17, 15) is 9.90 Å². The Kier molecular flexibility index (Phi) is 8.71. The summed E-state index contributed by atoms with van der Waals surface area (Å²) in [5.74, 6) is -0.0761. The number of carbonyl (C=O) groups is 1. The fraction of sp³-hybridized carbons (Fsp3) is 0.588. The Labute approximate surface area is 127 Å². The molecule has 0 spiro atoms. The van der Waals surface area contributed by atoms with Gasteiger partial charge in [-0.2, -0.15) is 0 Å². The summed E-state index contributed by atoms with van der Waals surface area (Å²) in [6.07, 6.45) is 4.94. The van der Waals surface area contributed by atoms with Gasteiger partial charge in [0.1, 0.15) is 6.10 Å². The molecule has 0 heterocycles. The minimum atomic E-state index is -0.989. The van der Waals surface area contributed by atoms with Gasteiger partial charge in [-0.05, 0) is 12.0 Å². The van der Waals surface area contributed by atoms with Crippen molar-refractivity contribution < 1.29 is 15.0 Å². The summed E-state index contributed by atoms with van der Waals surface area (Å²) in [5.41, 5.74) is 0.804. The van der Waals surface area contributed by atoms with Crippen LogP contribution in [0.15, 0.2) is 30.3 Å². The number of carbonyl (C=O) groups excluding carboxylic acids is 1. The number of amides is 1. The van der Waals surface area contributed by atoms with Crippen molar-refractivity contribution in [3.63, 3.8) is 0 Å². The van der Waals surface area contributed by atoms with Crippen molar-refractivity contribution >= 4 is 5.91 Å². The zero-order valence-electron chi connectivity index (χ0n) is 12.8. The average Bonchev–Trinajstić information content (AvgIpc) is 2.52. The number of benzene rings is 1. The molecule has 1 aromatic carbocycles. The topological polar surface area (TPSA) is 69.6 Å². The van der Waals surface area contributed by atoms with Crippen LogP contribution in [0.1, 0.15) is 57.1 Å². The van der Waals surface area contributed by atoms with Gasteiger partial charge in [0.15, 0.2) is 0 Å². The number of hydrogen-bond donors (Lipinski definition) is 3. The first-order valence-corrected chi connectivity index (χ1v) is 7.82. The molecule has 0 aliphatic rings. The highest BCUT2D eigenvalue weighted by Gasteiger charge is 2.22. The van der Waals surface area contributed by atoms with Gasteiger partial charge in [-0.3, -0.25) is 4.79 Å². The second-order valence-corrected chi connectivity index (χ2v) is 5.37. The molecule has 1 aromatic rings. The van der Waals surface area contributed by atoms with Crippen molar-refractivity contribution in [3.05, 3.63) is 35.9 Å². The lowest BCUT2D eigenvalue weighted by molar-refractivity contribution is -0.123. The molecule has 0 fully saturated rings. The molecule has 0 aromatic heterocycles. The van der Waals surface area contributed by atoms with Gasteiger partial charge >= 0.3 is 0 Å². The third-order valence-corrected chi connectivity index (χ3v) is 3.55. The van der Waals surface area contributed by atoms with Crippen LogP contribution < -0.4 is 5.32 Å². The van der Waals surface area contributed by atoms with Crippen LogP contribution in [0.25, 0.3) is 0 Å². The standard InChI is InChI=1S/C17H27NO3/c1-2-3-4-5-9-12-16(21)18-17(15(20)13-19)14-10-7-6-8-11-14/h6-8,10-11,15,17,19-20H,2-5,9,12-13H2,1H3,(H,18,21)/t15-,17+/m0/s1. The van der Waals surface area contributed by atoms with Crippen LogP contribution in [0.4, 0.5) is 0 Å². The van der Waals surface area contributed by atoms with E-state index in [1.165, 1.54) is 12.8 Å². The number of nitrogens with one attached hydrogen (secondary N) is 1. The van der Waals surface area contributed by atoms with Gasteiger partial charge in [-0.1, -0.05) is 62.9 Å². The molecule has 0 saturated carbocycles. The van der Waals surface area contributed by atoms with E-state index in [1.807, 2.05) is 30.3 Å². The summed E-state index contributed by atoms with van der Waals surface area (Å²) in [6, 6.07) is 8.70. The van der Waals surface area contributed by atoms with Crippen molar-refractivity contribution in [2.45, 2.75) is 57.6 Å². The minimum Gasteiger partial charge on any atom is -0.394 e. The molecule has 1 amide bonds. The molecule has 0 radical (unpaired) electrons. The van der Waals surface area contributed by atoms with Crippen LogP contribution in [-0.2, 0) is 4.79 Å². The summed E-state index contributed by atoms with van der Waals surface area (Å²) in [6.45, 7) is 1.78. The molecular formula is C17H27NO3. The van der Waals surface area contributed by atoms with Gasteiger partial charge in [0.25, 0.3) is 0 Å². The first-order chi connectivity index (χ1) is 10.2. The molecule has 0 aliphatic heterocycles. The lowest BCUT2D eigenvalue weighted by Gasteiger charge is -2.23. The molecule has 0 saturated heterocycles. The molecule has 3 N–H and O–H groups in total. The molecule has 2 atom stereocenters. The number of rotatable bonds is 10. The Bertz CT molecular complexity index is 394. The molecule has 4 heteroatoms. The SMILES string of the molecule is CCCCCCCC(=O)N[C@H](c1ccccc1)[C@@H](O)CO. The van der Waals surface area contributed by atoms with Crippen molar-refractivity contribution in [1.29, 1.82) is 0 Å². The monoisotopic (exact) mass is 293 g/mol. The molecule has 118 valence electrons. The molecule has 21 heavy (non-hydrogen) atoms. The molecule has 4 nitrogen and oxygen atoms in total. The lowest BCUT2D eigenvalue weighted by Crippen LogP contribution is -2.37. The van der Waals surface area contributed by atoms with Crippen molar-refractivity contribution in [3.8, 4) is 0 Å². The van der Waals surface area contributed by atoms with E-state index in [4.69, 9.17) is 5.11 Å². The number of aliphatic hydroxyl groups excluding tert-OH is 2. The normalized spacial score (nSPS) is 13.7. The van der Waals surface area contributed by atoms with E-state index in [0.29, 0.717) is 6.42 Å². The largest absolute Gasteiger partial charge is 0.394 e. The maximum Gasteiger partial charge on any atom is 0.220 e. The van der Waals surface area contributed by atoms with Crippen LogP contribution in [-0.4, -0.2) is 28.8 Å². The van der Waals surface area contributed by atoms with Gasteiger partial charge in [0, 0.05) is 6.42 Å². The summed E-state index contributed by atoms with van der Waals surface area (Å²) in [5, 5.41) is 21.9. The Hall–Kier alpha value is -1.39. The van der Waals surface area contributed by atoms with Crippen LogP contribution in [0.5, 0.6) is 0 Å². The van der Waals surface area contributed by atoms with Crippen molar-refractivity contribution in [2.24, 2.45) is 0 Å². The van der Waals surface area contributed by atoms with E-state index >= 15 is 0 Å². The Morgan fingerprint density at radius 2 is 1.81 bits per heavy atom. The van der Waals surface area contributed by atoms with Crippen LogP contribution >= 0.6 is 0 Å². The van der Waals surface area contributed by atoms with Gasteiger partial charge in [-0.15, -0.1) is 0 Å². The van der Waals surface area contributed by atoms with Gasteiger partial charge in [-0.25, -0.2) is 0 Å². The minimum absolute atomic E-state index is 0.0761. The Morgan fingerprint density at radius 3 is 2.43 bits per heavy atom. The fourth-order valence-electron chi connectivity index (χ4n) is 2.30. The number of unbranched alkanes of at least 4 members (excludes halogenated alkanes) is 4. The molecular weight excluding hydrogens is 266 g/mol. The first-order valence-electron chi connectivity index (χ1n) is 7.82. The Morgan fingerprint density at radius 1 is 1.14 bits per heavy atom. The van der Waals surface area contributed by atoms with E-state index in [2.05, 4.69) is 12.2 Å². The van der Waals surface area contributed by atoms with Crippen molar-refractivity contribution in [1.82, 2.24) is 5.32 Å². The zero-order valence-corrected chi connectivity index (χ0v) is 12.8. The second kappa shape index (κ2) is 10.4. The predicted molar refractivity (Wildman–Crippen MR) is 83.8 cm³/mol. The van der Waals surface area contributed by atoms with Crippen LogP contribution in [0, 0.1) is 0 Å².